The number of carbonyl (C=O) groups is 1. The topological polar surface area (TPSA) is 72.5 Å². The zero-order valence-corrected chi connectivity index (χ0v) is 18.1. The Kier molecular flexibility index (Phi) is 6.07. The molecule has 2 atom stereocenters. The number of thiophene rings is 1. The highest BCUT2D eigenvalue weighted by molar-refractivity contribution is 7.10. The largest absolute Gasteiger partial charge is 0.507 e. The van der Waals surface area contributed by atoms with E-state index in [1.807, 2.05) is 29.6 Å². The highest BCUT2D eigenvalue weighted by Gasteiger charge is 2.33. The predicted octanol–water partition coefficient (Wildman–Crippen LogP) is 4.68. The third-order valence-electron chi connectivity index (χ3n) is 4.79. The first-order valence-electron chi connectivity index (χ1n) is 9.12. The molecule has 1 heterocycles. The highest BCUT2D eigenvalue weighted by atomic mass is 32.1. The van der Waals surface area contributed by atoms with Crippen LogP contribution >= 0.6 is 11.3 Å². The van der Waals surface area contributed by atoms with Crippen molar-refractivity contribution in [3.05, 3.63) is 51.2 Å². The Morgan fingerprint density at radius 3 is 2.00 bits per heavy atom. The predicted molar refractivity (Wildman–Crippen MR) is 112 cm³/mol. The minimum atomic E-state index is -0.821. The molecule has 0 fully saturated rings. The summed E-state index contributed by atoms with van der Waals surface area (Å²) in [5.41, 5.74) is 8.43. The Morgan fingerprint density at radius 1 is 1.11 bits per heavy atom. The van der Waals surface area contributed by atoms with E-state index in [2.05, 4.69) is 41.5 Å². The van der Waals surface area contributed by atoms with Crippen molar-refractivity contribution in [2.24, 2.45) is 5.73 Å². The fraction of sp³-hybridized carbons (Fsp3) is 0.500. The number of carbonyl (C=O) groups excluding carboxylic acids is 1. The third kappa shape index (κ3) is 4.53. The Morgan fingerprint density at radius 2 is 1.63 bits per heavy atom. The highest BCUT2D eigenvalue weighted by Crippen LogP contribution is 2.43. The summed E-state index contributed by atoms with van der Waals surface area (Å²) < 4.78 is 4.92. The van der Waals surface area contributed by atoms with Gasteiger partial charge >= 0.3 is 5.97 Å². The quantitative estimate of drug-likeness (QED) is 0.745. The molecule has 1 aromatic carbocycles. The van der Waals surface area contributed by atoms with Crippen LogP contribution in [-0.2, 0) is 20.4 Å². The SMILES string of the molecule is COC(=O)[C@@H](N)[C@H](c1cc(C(C)(C)C)c(O)c(C(C)(C)C)c1)c1cccs1. The molecule has 0 unspecified atom stereocenters. The van der Waals surface area contributed by atoms with Gasteiger partial charge in [-0.3, -0.25) is 4.79 Å². The summed E-state index contributed by atoms with van der Waals surface area (Å²) in [5, 5.41) is 12.9. The van der Waals surface area contributed by atoms with Gasteiger partial charge in [-0.05, 0) is 39.0 Å². The Hall–Kier alpha value is -1.85. The van der Waals surface area contributed by atoms with Gasteiger partial charge in [-0.15, -0.1) is 11.3 Å². The number of phenolic OH excluding ortho intramolecular Hbond substituents is 1. The monoisotopic (exact) mass is 389 g/mol. The van der Waals surface area contributed by atoms with E-state index in [0.717, 1.165) is 21.6 Å². The van der Waals surface area contributed by atoms with Crippen molar-refractivity contribution in [1.29, 1.82) is 0 Å². The van der Waals surface area contributed by atoms with Crippen LogP contribution in [0.1, 0.15) is 69.0 Å². The van der Waals surface area contributed by atoms with E-state index in [1.54, 1.807) is 11.3 Å². The van der Waals surface area contributed by atoms with Gasteiger partial charge in [0.05, 0.1) is 7.11 Å². The summed E-state index contributed by atoms with van der Waals surface area (Å²) in [5.74, 6) is -0.466. The van der Waals surface area contributed by atoms with Gasteiger partial charge in [0.25, 0.3) is 0 Å². The molecule has 148 valence electrons. The number of esters is 1. The maximum absolute atomic E-state index is 12.3. The number of hydrogen-bond acceptors (Lipinski definition) is 5. The summed E-state index contributed by atoms with van der Waals surface area (Å²) in [7, 11) is 1.35. The summed E-state index contributed by atoms with van der Waals surface area (Å²) in [6, 6.07) is 7.08. The average molecular weight is 390 g/mol. The molecule has 0 aliphatic carbocycles. The van der Waals surface area contributed by atoms with E-state index in [0.29, 0.717) is 5.75 Å². The standard InChI is InChI=1S/C22H31NO3S/c1-21(2,3)14-11-13(12-15(19(14)24)22(4,5)6)17(16-9-8-10-27-16)18(23)20(25)26-7/h8-12,17-18,24H,23H2,1-7H3/t17-,18+/m1/s1. The average Bonchev–Trinajstić information content (AvgIpc) is 3.07. The molecule has 1 aromatic heterocycles. The molecule has 0 bridgehead atoms. The number of nitrogens with two attached hydrogens (primary N) is 1. The van der Waals surface area contributed by atoms with Crippen LogP contribution < -0.4 is 5.73 Å². The van der Waals surface area contributed by atoms with Gasteiger partial charge in [0.1, 0.15) is 11.8 Å². The van der Waals surface area contributed by atoms with Crippen molar-refractivity contribution in [2.75, 3.05) is 7.11 Å². The number of phenols is 1. The molecule has 4 nitrogen and oxygen atoms in total. The van der Waals surface area contributed by atoms with Crippen LogP contribution in [0.2, 0.25) is 0 Å². The lowest BCUT2D eigenvalue weighted by Gasteiger charge is -2.30. The van der Waals surface area contributed by atoms with E-state index >= 15 is 0 Å². The first-order chi connectivity index (χ1) is 12.4. The van der Waals surface area contributed by atoms with Gasteiger partial charge in [-0.1, -0.05) is 59.7 Å². The van der Waals surface area contributed by atoms with Gasteiger partial charge in [0, 0.05) is 10.8 Å². The van der Waals surface area contributed by atoms with Gasteiger partial charge in [0.2, 0.25) is 0 Å². The molecule has 0 spiro atoms. The van der Waals surface area contributed by atoms with Gasteiger partial charge in [-0.25, -0.2) is 0 Å². The Labute approximate surface area is 166 Å². The van der Waals surface area contributed by atoms with Gasteiger partial charge in [-0.2, -0.15) is 0 Å². The third-order valence-corrected chi connectivity index (χ3v) is 5.74. The Bertz CT molecular complexity index is 763. The van der Waals surface area contributed by atoms with Crippen LogP contribution in [0.3, 0.4) is 0 Å². The number of ether oxygens (including phenoxy) is 1. The Balaban J connectivity index is 2.77. The van der Waals surface area contributed by atoms with Crippen LogP contribution in [0, 0.1) is 0 Å². The van der Waals surface area contributed by atoms with E-state index < -0.39 is 12.0 Å². The van der Waals surface area contributed by atoms with E-state index in [4.69, 9.17) is 10.5 Å². The maximum Gasteiger partial charge on any atom is 0.323 e. The normalized spacial score (nSPS) is 14.7. The lowest BCUT2D eigenvalue weighted by atomic mass is 9.76. The van der Waals surface area contributed by atoms with E-state index in [-0.39, 0.29) is 16.7 Å². The number of methoxy groups -OCH3 is 1. The van der Waals surface area contributed by atoms with Crippen LogP contribution in [-0.4, -0.2) is 24.2 Å². The summed E-state index contributed by atoms with van der Waals surface area (Å²) in [6.07, 6.45) is 0. The molecule has 27 heavy (non-hydrogen) atoms. The van der Waals surface area contributed by atoms with Crippen LogP contribution in [0.25, 0.3) is 0 Å². The summed E-state index contributed by atoms with van der Waals surface area (Å²) >= 11 is 1.56. The first kappa shape index (κ1) is 21.5. The van der Waals surface area contributed by atoms with Crippen LogP contribution in [0.4, 0.5) is 0 Å². The fourth-order valence-corrected chi connectivity index (χ4v) is 4.17. The van der Waals surface area contributed by atoms with Crippen molar-refractivity contribution < 1.29 is 14.6 Å². The van der Waals surface area contributed by atoms with Crippen molar-refractivity contribution in [3.63, 3.8) is 0 Å². The molecule has 0 saturated carbocycles. The maximum atomic E-state index is 12.3. The number of benzene rings is 1. The number of hydrogen-bond donors (Lipinski definition) is 2. The first-order valence-corrected chi connectivity index (χ1v) is 10.0. The molecule has 5 heteroatoms. The summed E-state index contributed by atoms with van der Waals surface area (Å²) in [4.78, 5) is 13.3. The van der Waals surface area contributed by atoms with Crippen molar-refractivity contribution in [3.8, 4) is 5.75 Å². The minimum absolute atomic E-state index is 0.255. The molecular formula is C22H31NO3S. The molecule has 2 aromatic rings. The second-order valence-corrected chi connectivity index (χ2v) is 9.99. The molecule has 3 N–H and O–H groups in total. The second kappa shape index (κ2) is 7.64. The van der Waals surface area contributed by atoms with Gasteiger partial charge < -0.3 is 15.6 Å². The molecule has 0 saturated heterocycles. The molecule has 0 aliphatic rings. The number of rotatable bonds is 4. The van der Waals surface area contributed by atoms with E-state index in [1.165, 1.54) is 7.11 Å². The van der Waals surface area contributed by atoms with Crippen LogP contribution in [0.5, 0.6) is 5.75 Å². The zero-order chi connectivity index (χ0) is 20.6. The molecular weight excluding hydrogens is 358 g/mol. The summed E-state index contributed by atoms with van der Waals surface area (Å²) in [6.45, 7) is 12.4. The lowest BCUT2D eigenvalue weighted by molar-refractivity contribution is -0.142. The smallest absolute Gasteiger partial charge is 0.323 e. The van der Waals surface area contributed by atoms with E-state index in [9.17, 15) is 9.90 Å². The minimum Gasteiger partial charge on any atom is -0.507 e. The van der Waals surface area contributed by atoms with Gasteiger partial charge in [0.15, 0.2) is 0 Å². The fourth-order valence-electron chi connectivity index (χ4n) is 3.27. The molecule has 0 radical (unpaired) electrons. The second-order valence-electron chi connectivity index (χ2n) is 9.01. The van der Waals surface area contributed by atoms with Crippen molar-refractivity contribution in [1.82, 2.24) is 0 Å². The molecule has 0 aliphatic heterocycles. The molecule has 2 rings (SSSR count). The zero-order valence-electron chi connectivity index (χ0n) is 17.3. The lowest BCUT2D eigenvalue weighted by Crippen LogP contribution is -2.38. The number of aromatic hydroxyl groups is 1. The molecule has 0 amide bonds. The van der Waals surface area contributed by atoms with Crippen molar-refractivity contribution >= 4 is 17.3 Å². The van der Waals surface area contributed by atoms with Crippen molar-refractivity contribution in [2.45, 2.75) is 64.3 Å². The van der Waals surface area contributed by atoms with Crippen LogP contribution in [0.15, 0.2) is 29.6 Å².